The zero-order chi connectivity index (χ0) is 13.0. The second kappa shape index (κ2) is 7.75. The molecule has 0 aliphatic carbocycles. The molecule has 0 spiro atoms. The molecule has 1 N–H and O–H groups in total. The Balaban J connectivity index is 0. The molecule has 0 aliphatic heterocycles. The van der Waals surface area contributed by atoms with Gasteiger partial charge in [-0.2, -0.15) is 0 Å². The first-order valence-electron chi connectivity index (χ1n) is 5.81. The van der Waals surface area contributed by atoms with Crippen molar-refractivity contribution in [2.24, 2.45) is 0 Å². The Morgan fingerprint density at radius 2 is 1.68 bits per heavy atom. The van der Waals surface area contributed by atoms with Gasteiger partial charge in [-0.3, -0.25) is 9.59 Å². The van der Waals surface area contributed by atoms with Crippen LogP contribution in [0, 0.1) is 0 Å². The number of aliphatic hydroxyl groups is 1. The fraction of sp³-hybridized carbons (Fsp3) is 0.200. The normalized spacial score (nSPS) is 9.95. The number of carbonyl (C=O) groups excluding carboxylic acids is 2. The number of hydrogen-bond acceptors (Lipinski definition) is 3. The van der Waals surface area contributed by atoms with Crippen LogP contribution in [0.5, 0.6) is 0 Å². The van der Waals surface area contributed by atoms with Crippen molar-refractivity contribution in [1.29, 1.82) is 0 Å². The van der Waals surface area contributed by atoms with Gasteiger partial charge in [-0.15, -0.1) is 0 Å². The van der Waals surface area contributed by atoms with Gasteiger partial charge in [0.1, 0.15) is 12.4 Å². The van der Waals surface area contributed by atoms with Crippen molar-refractivity contribution in [3.8, 4) is 0 Å². The topological polar surface area (TPSA) is 54.4 Å². The van der Waals surface area contributed by atoms with E-state index < -0.39 is 12.4 Å². The summed E-state index contributed by atoms with van der Waals surface area (Å²) in [6.07, 6.45) is 0.0345. The van der Waals surface area contributed by atoms with E-state index in [1.807, 2.05) is 42.5 Å². The molecule has 0 saturated carbocycles. The van der Waals surface area contributed by atoms with Gasteiger partial charge >= 0.3 is 37.7 Å². The van der Waals surface area contributed by atoms with E-state index in [2.05, 4.69) is 0 Å². The monoisotopic (exact) mass is 284 g/mol. The number of rotatable bonds is 5. The van der Waals surface area contributed by atoms with Crippen molar-refractivity contribution in [3.63, 3.8) is 0 Å². The molecule has 0 amide bonds. The van der Waals surface area contributed by atoms with Crippen molar-refractivity contribution >= 4 is 60.1 Å². The summed E-state index contributed by atoms with van der Waals surface area (Å²) in [5, 5.41) is 10.7. The number of carbonyl (C=O) groups is 2. The molecule has 0 heterocycles. The number of Topliss-reactive ketones (excluding diaryl/α,β-unsaturated/α-hetero) is 2. The molecule has 0 atom stereocenters. The molecule has 2 aromatic carbocycles. The van der Waals surface area contributed by atoms with E-state index in [-0.39, 0.29) is 59.2 Å². The van der Waals surface area contributed by atoms with Crippen LogP contribution in [0.3, 0.4) is 0 Å². The van der Waals surface area contributed by atoms with E-state index in [0.717, 1.165) is 16.3 Å². The van der Waals surface area contributed by atoms with E-state index >= 15 is 0 Å². The maximum atomic E-state index is 11.7. The molecule has 0 aromatic heterocycles. The molecular weight excluding hydrogens is 268 g/mol. The summed E-state index contributed by atoms with van der Waals surface area (Å²) in [7, 11) is 0. The number of aliphatic hydroxyl groups excluding tert-OH is 1. The minimum atomic E-state index is -0.568. The van der Waals surface area contributed by atoms with E-state index in [1.165, 1.54) is 0 Å². The predicted molar refractivity (Wildman–Crippen MR) is 77.3 cm³/mol. The van der Waals surface area contributed by atoms with E-state index in [4.69, 9.17) is 5.11 Å². The summed E-state index contributed by atoms with van der Waals surface area (Å²) in [4.78, 5) is 22.7. The van der Waals surface area contributed by atoms with Gasteiger partial charge in [0, 0.05) is 6.42 Å². The Hall–Kier alpha value is -0.740. The largest absolute Gasteiger partial charge is 2.00 e. The first-order valence-corrected chi connectivity index (χ1v) is 5.81. The number of ketones is 2. The van der Waals surface area contributed by atoms with Gasteiger partial charge in [0.15, 0.2) is 5.78 Å². The minimum absolute atomic E-state index is 0. The molecule has 0 unspecified atom stereocenters. The smallest absolute Gasteiger partial charge is 1.00 e. The maximum Gasteiger partial charge on any atom is 2.00 e. The Kier molecular flexibility index (Phi) is 6.66. The average Bonchev–Trinajstić information content (AvgIpc) is 2.39. The van der Waals surface area contributed by atoms with Crippen molar-refractivity contribution in [3.05, 3.63) is 48.0 Å². The molecular formula is C15H16CaO3. The van der Waals surface area contributed by atoms with E-state index in [1.54, 1.807) is 0 Å². The Morgan fingerprint density at radius 3 is 2.42 bits per heavy atom. The van der Waals surface area contributed by atoms with Gasteiger partial charge in [-0.1, -0.05) is 42.5 Å². The summed E-state index contributed by atoms with van der Waals surface area (Å²) in [5.41, 5.74) is 0.920. The fourth-order valence-electron chi connectivity index (χ4n) is 2.00. The number of fused-ring (bicyclic) bond motifs is 1. The summed E-state index contributed by atoms with van der Waals surface area (Å²) >= 11 is 0. The molecule has 0 saturated heterocycles. The Bertz CT molecular complexity index is 597. The van der Waals surface area contributed by atoms with Crippen LogP contribution in [-0.2, 0) is 16.0 Å². The molecule has 19 heavy (non-hydrogen) atoms. The Morgan fingerprint density at radius 1 is 1.00 bits per heavy atom. The van der Waals surface area contributed by atoms with Gasteiger partial charge in [0.05, 0.1) is 6.42 Å². The third kappa shape index (κ3) is 4.39. The maximum absolute atomic E-state index is 11.7. The summed E-state index contributed by atoms with van der Waals surface area (Å²) in [5.74, 6) is -0.592. The second-order valence-corrected chi connectivity index (χ2v) is 4.23. The van der Waals surface area contributed by atoms with Crippen LogP contribution in [0.15, 0.2) is 42.5 Å². The van der Waals surface area contributed by atoms with Crippen LogP contribution in [-0.4, -0.2) is 61.0 Å². The quantitative estimate of drug-likeness (QED) is 0.672. The van der Waals surface area contributed by atoms with Gasteiger partial charge in [-0.25, -0.2) is 0 Å². The zero-order valence-corrected chi connectivity index (χ0v) is 12.8. The molecule has 0 bridgehead atoms. The first kappa shape index (κ1) is 16.3. The molecule has 0 aliphatic rings. The third-order valence-electron chi connectivity index (χ3n) is 2.84. The molecule has 2 rings (SSSR count). The standard InChI is InChI=1S/C15H14O3.Ca.2H/c16-10-14(18)9-13(17)8-12-6-3-5-11-4-1-2-7-15(11)12;;;/h1-7,16H,8-10H2;;;/q;+2;2*-1. The van der Waals surface area contributed by atoms with Gasteiger partial charge < -0.3 is 7.96 Å². The first-order chi connectivity index (χ1) is 8.70. The van der Waals surface area contributed by atoms with Crippen LogP contribution in [0.4, 0.5) is 0 Å². The van der Waals surface area contributed by atoms with Crippen LogP contribution in [0.2, 0.25) is 0 Å². The molecule has 96 valence electrons. The number of hydrogen-bond donors (Lipinski definition) is 1. The summed E-state index contributed by atoms with van der Waals surface area (Å²) in [6.45, 7) is -0.568. The van der Waals surface area contributed by atoms with Gasteiger partial charge in [0.25, 0.3) is 0 Å². The fourth-order valence-corrected chi connectivity index (χ4v) is 2.00. The predicted octanol–water partition coefficient (Wildman–Crippen LogP) is 1.75. The van der Waals surface area contributed by atoms with Crippen LogP contribution < -0.4 is 0 Å². The van der Waals surface area contributed by atoms with Crippen molar-refractivity contribution in [2.45, 2.75) is 12.8 Å². The van der Waals surface area contributed by atoms with E-state index in [0.29, 0.717) is 0 Å². The van der Waals surface area contributed by atoms with Gasteiger partial charge in [-0.05, 0) is 16.3 Å². The van der Waals surface area contributed by atoms with E-state index in [9.17, 15) is 9.59 Å². The van der Waals surface area contributed by atoms with Crippen LogP contribution in [0.1, 0.15) is 14.8 Å². The van der Waals surface area contributed by atoms with Crippen molar-refractivity contribution in [2.75, 3.05) is 6.61 Å². The van der Waals surface area contributed by atoms with Crippen LogP contribution in [0.25, 0.3) is 10.8 Å². The minimum Gasteiger partial charge on any atom is -1.00 e. The average molecular weight is 284 g/mol. The second-order valence-electron chi connectivity index (χ2n) is 4.23. The van der Waals surface area contributed by atoms with Crippen LogP contribution >= 0.6 is 0 Å². The SMILES string of the molecule is O=C(CO)CC(=O)Cc1cccc2ccccc12.[Ca+2].[H-].[H-]. The number of benzene rings is 2. The molecule has 4 heteroatoms. The molecule has 0 radical (unpaired) electrons. The Labute approximate surface area is 144 Å². The zero-order valence-electron chi connectivity index (χ0n) is 12.6. The summed E-state index contributed by atoms with van der Waals surface area (Å²) in [6, 6.07) is 13.6. The van der Waals surface area contributed by atoms with Crippen molar-refractivity contribution < 1.29 is 17.5 Å². The molecule has 3 nitrogen and oxygen atoms in total. The van der Waals surface area contributed by atoms with Gasteiger partial charge in [0.2, 0.25) is 0 Å². The molecule has 0 fully saturated rings. The van der Waals surface area contributed by atoms with Crippen molar-refractivity contribution in [1.82, 2.24) is 0 Å². The summed E-state index contributed by atoms with van der Waals surface area (Å²) < 4.78 is 0. The third-order valence-corrected chi connectivity index (χ3v) is 2.84. The molecule has 2 aromatic rings.